The van der Waals surface area contributed by atoms with Crippen molar-refractivity contribution < 1.29 is 17.2 Å². The van der Waals surface area contributed by atoms with Gasteiger partial charge < -0.3 is 4.57 Å². The second-order valence-corrected chi connectivity index (χ2v) is 8.84. The number of sulfonamides is 1. The van der Waals surface area contributed by atoms with Crippen LogP contribution in [0.15, 0.2) is 33.3 Å². The average Bonchev–Trinajstić information content (AvgIpc) is 2.93. The number of aryl methyl sites for hydroxylation is 1. The molecule has 1 saturated heterocycles. The number of benzene rings is 1. The second kappa shape index (κ2) is 7.55. The molecule has 0 radical (unpaired) electrons. The van der Waals surface area contributed by atoms with E-state index >= 15 is 0 Å². The zero-order valence-electron chi connectivity index (χ0n) is 14.2. The Morgan fingerprint density at radius 3 is 2.42 bits per heavy atom. The van der Waals surface area contributed by atoms with Gasteiger partial charge in [0.05, 0.1) is 0 Å². The molecule has 26 heavy (non-hydrogen) atoms. The first-order chi connectivity index (χ1) is 12.3. The van der Waals surface area contributed by atoms with Crippen LogP contribution in [0, 0.1) is 18.6 Å². The van der Waals surface area contributed by atoms with E-state index in [9.17, 15) is 22.0 Å². The van der Waals surface area contributed by atoms with Crippen LogP contribution in [0.2, 0.25) is 0 Å². The number of halogens is 2. The topological polar surface area (TPSA) is 62.6 Å². The van der Waals surface area contributed by atoms with E-state index in [2.05, 4.69) is 4.90 Å². The number of nitrogens with zero attached hydrogens (tertiary/aromatic N) is 3. The second-order valence-electron chi connectivity index (χ2n) is 6.12. The number of hydrogen-bond donors (Lipinski definition) is 0. The van der Waals surface area contributed by atoms with Gasteiger partial charge in [-0.25, -0.2) is 17.2 Å². The summed E-state index contributed by atoms with van der Waals surface area (Å²) in [5, 5.41) is 1.81. The van der Waals surface area contributed by atoms with Crippen LogP contribution in [0.5, 0.6) is 0 Å². The predicted molar refractivity (Wildman–Crippen MR) is 94.9 cm³/mol. The Morgan fingerprint density at radius 1 is 1.12 bits per heavy atom. The van der Waals surface area contributed by atoms with Crippen molar-refractivity contribution >= 4 is 21.4 Å². The largest absolute Gasteiger partial charge is 0.307 e. The number of aromatic nitrogens is 1. The average molecular weight is 403 g/mol. The lowest BCUT2D eigenvalue weighted by molar-refractivity contribution is 0.182. The lowest BCUT2D eigenvalue weighted by Gasteiger charge is -2.34. The fourth-order valence-electron chi connectivity index (χ4n) is 2.92. The molecule has 6 nitrogen and oxygen atoms in total. The van der Waals surface area contributed by atoms with E-state index in [0.29, 0.717) is 32.2 Å². The zero-order chi connectivity index (χ0) is 18.9. The third kappa shape index (κ3) is 3.88. The van der Waals surface area contributed by atoms with Gasteiger partial charge in [-0.3, -0.25) is 9.69 Å². The third-order valence-electron chi connectivity index (χ3n) is 4.46. The van der Waals surface area contributed by atoms with Crippen LogP contribution in [0.1, 0.15) is 5.69 Å². The molecule has 1 aliphatic rings. The minimum Gasteiger partial charge on any atom is -0.302 e. The molecule has 0 bridgehead atoms. The SMILES string of the molecule is Cc1csc(=O)n1CCN1CCN(S(=O)(=O)c2cc(F)ccc2F)CC1. The van der Waals surface area contributed by atoms with Crippen molar-refractivity contribution in [3.8, 4) is 0 Å². The van der Waals surface area contributed by atoms with Crippen molar-refractivity contribution in [3.05, 3.63) is 50.6 Å². The summed E-state index contributed by atoms with van der Waals surface area (Å²) in [6, 6.07) is 2.42. The highest BCUT2D eigenvalue weighted by Crippen LogP contribution is 2.21. The molecule has 10 heteroatoms. The van der Waals surface area contributed by atoms with Crippen molar-refractivity contribution in [2.75, 3.05) is 32.7 Å². The summed E-state index contributed by atoms with van der Waals surface area (Å²) < 4.78 is 55.1. The number of hydrogen-bond acceptors (Lipinski definition) is 5. The van der Waals surface area contributed by atoms with E-state index in [1.54, 1.807) is 9.95 Å². The van der Waals surface area contributed by atoms with Crippen LogP contribution in [-0.4, -0.2) is 54.9 Å². The molecule has 1 fully saturated rings. The summed E-state index contributed by atoms with van der Waals surface area (Å²) in [6.45, 7) is 4.35. The van der Waals surface area contributed by atoms with Gasteiger partial charge in [-0.15, -0.1) is 0 Å². The molecule has 3 rings (SSSR count). The lowest BCUT2D eigenvalue weighted by Crippen LogP contribution is -2.49. The van der Waals surface area contributed by atoms with Crippen LogP contribution in [0.25, 0.3) is 0 Å². The first-order valence-corrected chi connectivity index (χ1v) is 10.4. The molecule has 0 aliphatic carbocycles. The predicted octanol–water partition coefficient (Wildman–Crippen LogP) is 1.50. The summed E-state index contributed by atoms with van der Waals surface area (Å²) in [5.41, 5.74) is 0.905. The van der Waals surface area contributed by atoms with E-state index in [1.165, 1.54) is 4.31 Å². The van der Waals surface area contributed by atoms with Gasteiger partial charge in [-0.2, -0.15) is 4.31 Å². The molecule has 0 saturated carbocycles. The molecule has 1 aromatic heterocycles. The third-order valence-corrected chi connectivity index (χ3v) is 7.25. The van der Waals surface area contributed by atoms with E-state index in [1.807, 2.05) is 6.92 Å². The van der Waals surface area contributed by atoms with Crippen LogP contribution in [0.3, 0.4) is 0 Å². The first kappa shape index (κ1) is 19.2. The molecule has 2 heterocycles. The van der Waals surface area contributed by atoms with Crippen LogP contribution in [-0.2, 0) is 16.6 Å². The highest BCUT2D eigenvalue weighted by atomic mass is 32.2. The Kier molecular flexibility index (Phi) is 5.56. The summed E-state index contributed by atoms with van der Waals surface area (Å²) in [7, 11) is -4.07. The molecule has 1 aliphatic heterocycles. The van der Waals surface area contributed by atoms with Crippen molar-refractivity contribution in [3.63, 3.8) is 0 Å². The van der Waals surface area contributed by atoms with Crippen LogP contribution >= 0.6 is 11.3 Å². The zero-order valence-corrected chi connectivity index (χ0v) is 15.8. The molecular formula is C16H19F2N3O3S2. The normalized spacial score (nSPS) is 16.9. The summed E-state index contributed by atoms with van der Waals surface area (Å²) >= 11 is 1.16. The molecule has 0 unspecified atom stereocenters. The molecular weight excluding hydrogens is 384 g/mol. The van der Waals surface area contributed by atoms with Gasteiger partial charge in [0.1, 0.15) is 16.5 Å². The van der Waals surface area contributed by atoms with E-state index in [-0.39, 0.29) is 18.0 Å². The van der Waals surface area contributed by atoms with Gasteiger partial charge in [0.2, 0.25) is 10.0 Å². The van der Waals surface area contributed by atoms with Gasteiger partial charge in [0.15, 0.2) is 0 Å². The molecule has 2 aromatic rings. The maximum Gasteiger partial charge on any atom is 0.307 e. The quantitative estimate of drug-likeness (QED) is 0.759. The molecule has 0 spiro atoms. The monoisotopic (exact) mass is 403 g/mol. The lowest BCUT2D eigenvalue weighted by atomic mass is 10.3. The number of thiazole rings is 1. The van der Waals surface area contributed by atoms with E-state index in [0.717, 1.165) is 29.2 Å². The smallest absolute Gasteiger partial charge is 0.302 e. The molecule has 1 aromatic carbocycles. The van der Waals surface area contributed by atoms with E-state index in [4.69, 9.17) is 0 Å². The number of piperazine rings is 1. The Bertz CT molecular complexity index is 948. The standard InChI is InChI=1S/C16H19F2N3O3S2/c1-12-11-25-16(22)21(12)9-6-19-4-7-20(8-5-19)26(23,24)15-10-13(17)2-3-14(15)18/h2-3,10-11H,4-9H2,1H3. The van der Waals surface area contributed by atoms with Gasteiger partial charge in [0, 0.05) is 50.3 Å². The van der Waals surface area contributed by atoms with E-state index < -0.39 is 26.6 Å². The molecule has 0 amide bonds. The molecule has 142 valence electrons. The molecule has 0 atom stereocenters. The Labute approximate surface area is 154 Å². The highest BCUT2D eigenvalue weighted by Gasteiger charge is 2.30. The molecule has 0 N–H and O–H groups in total. The fraction of sp³-hybridized carbons (Fsp3) is 0.438. The van der Waals surface area contributed by atoms with Gasteiger partial charge in [-0.1, -0.05) is 11.3 Å². The van der Waals surface area contributed by atoms with Gasteiger partial charge in [-0.05, 0) is 25.1 Å². The summed E-state index contributed by atoms with van der Waals surface area (Å²) in [5.74, 6) is -1.75. The van der Waals surface area contributed by atoms with Crippen LogP contribution < -0.4 is 4.87 Å². The van der Waals surface area contributed by atoms with Gasteiger partial charge in [0.25, 0.3) is 0 Å². The van der Waals surface area contributed by atoms with Crippen molar-refractivity contribution in [1.29, 1.82) is 0 Å². The first-order valence-electron chi connectivity index (χ1n) is 8.11. The fourth-order valence-corrected chi connectivity index (χ4v) is 5.18. The Hall–Kier alpha value is -1.62. The van der Waals surface area contributed by atoms with Crippen molar-refractivity contribution in [2.24, 2.45) is 0 Å². The van der Waals surface area contributed by atoms with Crippen molar-refractivity contribution in [1.82, 2.24) is 13.8 Å². The number of rotatable bonds is 5. The van der Waals surface area contributed by atoms with Gasteiger partial charge >= 0.3 is 4.87 Å². The Balaban J connectivity index is 1.63. The summed E-state index contributed by atoms with van der Waals surface area (Å²) in [4.78, 5) is 13.1. The minimum atomic E-state index is -4.07. The Morgan fingerprint density at radius 2 is 1.81 bits per heavy atom. The minimum absolute atomic E-state index is 0.00899. The maximum atomic E-state index is 13.8. The van der Waals surface area contributed by atoms with Crippen LogP contribution in [0.4, 0.5) is 8.78 Å². The summed E-state index contributed by atoms with van der Waals surface area (Å²) in [6.07, 6.45) is 0. The highest BCUT2D eigenvalue weighted by molar-refractivity contribution is 7.89. The maximum absolute atomic E-state index is 13.8. The van der Waals surface area contributed by atoms with Crippen molar-refractivity contribution in [2.45, 2.75) is 18.4 Å².